The Balaban J connectivity index is 1.27. The van der Waals surface area contributed by atoms with Gasteiger partial charge in [-0.2, -0.15) is 0 Å². The van der Waals surface area contributed by atoms with Crippen LogP contribution in [-0.4, -0.2) is 68.0 Å². The second-order valence-corrected chi connectivity index (χ2v) is 14.9. The van der Waals surface area contributed by atoms with Crippen molar-refractivity contribution in [2.45, 2.75) is 129 Å². The number of carbonyl (C=O) groups excluding carboxylic acids is 3. The maximum Gasteiger partial charge on any atom is 0.308 e. The first-order chi connectivity index (χ1) is 21.5. The molecule has 0 unspecified atom stereocenters. The number of aryl methyl sites for hydroxylation is 1. The molecular formula is C38H60N2O5. The summed E-state index contributed by atoms with van der Waals surface area (Å²) in [4.78, 5) is 39.9. The van der Waals surface area contributed by atoms with Gasteiger partial charge < -0.3 is 19.3 Å². The van der Waals surface area contributed by atoms with Gasteiger partial charge in [0.1, 0.15) is 11.9 Å². The van der Waals surface area contributed by atoms with Crippen LogP contribution < -0.4 is 4.74 Å². The van der Waals surface area contributed by atoms with Gasteiger partial charge in [0.25, 0.3) is 0 Å². The molecule has 2 fully saturated rings. The van der Waals surface area contributed by atoms with E-state index in [0.29, 0.717) is 35.8 Å². The third-order valence-electron chi connectivity index (χ3n) is 11.3. The molecule has 45 heavy (non-hydrogen) atoms. The molecule has 0 heterocycles. The monoisotopic (exact) mass is 624 g/mol. The van der Waals surface area contributed by atoms with Gasteiger partial charge in [-0.1, -0.05) is 57.9 Å². The Kier molecular flexibility index (Phi) is 12.9. The summed E-state index contributed by atoms with van der Waals surface area (Å²) in [7, 11) is 5.99. The predicted molar refractivity (Wildman–Crippen MR) is 179 cm³/mol. The summed E-state index contributed by atoms with van der Waals surface area (Å²) in [6, 6.07) is 6.34. The van der Waals surface area contributed by atoms with E-state index in [1.807, 2.05) is 32.1 Å². The average Bonchev–Trinajstić information content (AvgIpc) is 3.30. The molecule has 0 aliphatic heterocycles. The Morgan fingerprint density at radius 3 is 2.22 bits per heavy atom. The van der Waals surface area contributed by atoms with E-state index in [2.05, 4.69) is 24.0 Å². The summed E-state index contributed by atoms with van der Waals surface area (Å²) in [5, 5.41) is 0. The van der Waals surface area contributed by atoms with Gasteiger partial charge in [-0.05, 0) is 106 Å². The Bertz CT molecular complexity index is 1150. The smallest absolute Gasteiger partial charge is 0.308 e. The molecule has 0 spiro atoms. The summed E-state index contributed by atoms with van der Waals surface area (Å²) in [6.45, 7) is 7.14. The van der Waals surface area contributed by atoms with Crippen LogP contribution in [0, 0.1) is 23.2 Å². The number of likely N-dealkylation sites (N-methyl/N-ethyl adjacent to an activating group) is 2. The fourth-order valence-electron chi connectivity index (χ4n) is 9.13. The Morgan fingerprint density at radius 2 is 1.56 bits per heavy atom. The third kappa shape index (κ3) is 9.33. The van der Waals surface area contributed by atoms with Crippen molar-refractivity contribution in [2.75, 3.05) is 34.2 Å². The number of esters is 2. The first-order valence-corrected chi connectivity index (χ1v) is 17.9. The largest absolute Gasteiger partial charge is 0.462 e. The van der Waals surface area contributed by atoms with Crippen LogP contribution in [0.4, 0.5) is 0 Å². The highest BCUT2D eigenvalue weighted by molar-refractivity contribution is 5.75. The lowest BCUT2D eigenvalue weighted by atomic mass is 9.51. The van der Waals surface area contributed by atoms with Crippen molar-refractivity contribution in [1.29, 1.82) is 0 Å². The molecule has 252 valence electrons. The van der Waals surface area contributed by atoms with Gasteiger partial charge in [0.05, 0.1) is 0 Å². The number of benzene rings is 1. The van der Waals surface area contributed by atoms with Crippen LogP contribution in [0.15, 0.2) is 18.2 Å². The molecule has 4 rings (SSSR count). The molecule has 6 atom stereocenters. The maximum atomic E-state index is 12.3. The van der Waals surface area contributed by atoms with Gasteiger partial charge in [-0.3, -0.25) is 14.4 Å². The molecule has 1 amide bonds. The molecule has 0 radical (unpaired) electrons. The van der Waals surface area contributed by atoms with Crippen molar-refractivity contribution < 1.29 is 23.9 Å². The summed E-state index contributed by atoms with van der Waals surface area (Å²) >= 11 is 0. The molecular weight excluding hydrogens is 564 g/mol. The van der Waals surface area contributed by atoms with Gasteiger partial charge in [0, 0.05) is 45.8 Å². The van der Waals surface area contributed by atoms with Gasteiger partial charge in [0.15, 0.2) is 0 Å². The van der Waals surface area contributed by atoms with Gasteiger partial charge >= 0.3 is 11.9 Å². The van der Waals surface area contributed by atoms with Crippen LogP contribution in [0.1, 0.15) is 128 Å². The second kappa shape index (κ2) is 16.4. The van der Waals surface area contributed by atoms with E-state index in [1.165, 1.54) is 63.0 Å². The lowest BCUT2D eigenvalue weighted by Gasteiger charge is -2.54. The van der Waals surface area contributed by atoms with E-state index in [-0.39, 0.29) is 29.4 Å². The van der Waals surface area contributed by atoms with Crippen LogP contribution in [-0.2, 0) is 25.5 Å². The highest BCUT2D eigenvalue weighted by Gasteiger charge is 2.58. The topological polar surface area (TPSA) is 76.2 Å². The van der Waals surface area contributed by atoms with Crippen LogP contribution in [0.25, 0.3) is 0 Å². The fourth-order valence-corrected chi connectivity index (χ4v) is 9.13. The molecule has 7 nitrogen and oxygen atoms in total. The highest BCUT2D eigenvalue weighted by atomic mass is 16.5. The van der Waals surface area contributed by atoms with Gasteiger partial charge in [-0.15, -0.1) is 0 Å². The molecule has 0 N–H and O–H groups in total. The average molecular weight is 625 g/mol. The molecule has 3 aliphatic carbocycles. The second-order valence-electron chi connectivity index (χ2n) is 14.9. The minimum Gasteiger partial charge on any atom is -0.462 e. The number of hydrogen-bond donors (Lipinski definition) is 0. The van der Waals surface area contributed by atoms with Crippen LogP contribution in [0.3, 0.4) is 0 Å². The first kappa shape index (κ1) is 35.4. The predicted octanol–water partition coefficient (Wildman–Crippen LogP) is 7.55. The normalized spacial score (nSPS) is 27.0. The molecule has 0 bridgehead atoms. The number of nitrogens with zero attached hydrogens (tertiary/aromatic N) is 2. The number of hydrogen-bond acceptors (Lipinski definition) is 6. The van der Waals surface area contributed by atoms with Crippen molar-refractivity contribution in [3.05, 3.63) is 29.3 Å². The molecule has 1 aromatic carbocycles. The zero-order chi connectivity index (χ0) is 32.6. The van der Waals surface area contributed by atoms with Crippen molar-refractivity contribution in [1.82, 2.24) is 9.80 Å². The third-order valence-corrected chi connectivity index (χ3v) is 11.3. The van der Waals surface area contributed by atoms with Crippen molar-refractivity contribution in [3.8, 4) is 5.75 Å². The fraction of sp³-hybridized carbons (Fsp3) is 0.763. The first-order valence-electron chi connectivity index (χ1n) is 17.9. The number of carbonyl (C=O) groups is 3. The van der Waals surface area contributed by atoms with Crippen LogP contribution in [0.5, 0.6) is 5.75 Å². The molecule has 7 heteroatoms. The van der Waals surface area contributed by atoms with Crippen molar-refractivity contribution in [2.24, 2.45) is 23.2 Å². The number of unbranched alkanes of at least 4 members (excludes halogenated alkanes) is 7. The lowest BCUT2D eigenvalue weighted by molar-refractivity contribution is -0.156. The van der Waals surface area contributed by atoms with Crippen LogP contribution in [0.2, 0.25) is 0 Å². The van der Waals surface area contributed by atoms with Crippen molar-refractivity contribution >= 4 is 17.8 Å². The van der Waals surface area contributed by atoms with Crippen molar-refractivity contribution in [3.63, 3.8) is 0 Å². The highest BCUT2D eigenvalue weighted by Crippen LogP contribution is 2.64. The SMILES string of the molecule is CC(=O)Oc1ccc2c(c1)CC[C@@H]1[C@@H]2[C@@H](CCCCCCCCCCC(=O)N(C)CCN(C)C)C[C@]2(C)[C@@H](OC(C)=O)CC[C@@H]12. The summed E-state index contributed by atoms with van der Waals surface area (Å²) in [5.41, 5.74) is 2.86. The van der Waals surface area contributed by atoms with E-state index in [1.54, 1.807) is 6.92 Å². The quantitative estimate of drug-likeness (QED) is 0.107. The zero-order valence-corrected chi connectivity index (χ0v) is 29.1. The zero-order valence-electron chi connectivity index (χ0n) is 29.1. The Hall–Kier alpha value is -2.41. The minimum atomic E-state index is -0.272. The number of ether oxygens (including phenoxy) is 2. The summed E-state index contributed by atoms with van der Waals surface area (Å²) < 4.78 is 11.4. The molecule has 0 aromatic heterocycles. The molecule has 3 aliphatic rings. The Morgan fingerprint density at radius 1 is 0.867 bits per heavy atom. The van der Waals surface area contributed by atoms with Gasteiger partial charge in [0.2, 0.25) is 5.91 Å². The van der Waals surface area contributed by atoms with E-state index in [4.69, 9.17) is 9.47 Å². The minimum absolute atomic E-state index is 0.0323. The van der Waals surface area contributed by atoms with Crippen LogP contribution >= 0.6 is 0 Å². The maximum absolute atomic E-state index is 12.3. The molecule has 2 saturated carbocycles. The number of fused-ring (bicyclic) bond motifs is 5. The van der Waals surface area contributed by atoms with Gasteiger partial charge in [-0.25, -0.2) is 0 Å². The van der Waals surface area contributed by atoms with E-state index in [0.717, 1.165) is 58.0 Å². The lowest BCUT2D eigenvalue weighted by Crippen LogP contribution is -2.48. The Labute approximate surface area is 272 Å². The summed E-state index contributed by atoms with van der Waals surface area (Å²) in [5.74, 6) is 2.80. The summed E-state index contributed by atoms with van der Waals surface area (Å²) in [6.07, 6.45) is 17.0. The number of rotatable bonds is 16. The molecule has 0 saturated heterocycles. The number of amides is 1. The molecule has 1 aromatic rings. The standard InChI is InChI=1S/C38H60N2O5/c1-27(41)44-31-18-20-32-29(25-31)17-19-33-34-21-22-35(45-28(2)42)38(34,3)26-30(37(32)33)15-13-11-9-7-8-10-12-14-16-36(43)40(6)24-23-39(4)5/h18,20,25,30,33-35,37H,7-17,19,21-24,26H2,1-6H3/t30-,33-,34-,35-,37+,38-/m0/s1. The van der Waals surface area contributed by atoms with E-state index >= 15 is 0 Å². The van der Waals surface area contributed by atoms with E-state index < -0.39 is 0 Å². The van der Waals surface area contributed by atoms with E-state index in [9.17, 15) is 14.4 Å².